The van der Waals surface area contributed by atoms with Crippen molar-refractivity contribution in [3.05, 3.63) is 22.7 Å². The Morgan fingerprint density at radius 3 is 1.76 bits per heavy atom. The molecule has 0 aromatic rings. The van der Waals surface area contributed by atoms with Gasteiger partial charge >= 0.3 is 11.9 Å². The molecule has 2 aliphatic carbocycles. The van der Waals surface area contributed by atoms with Gasteiger partial charge in [0, 0.05) is 6.08 Å². The maximum atomic E-state index is 12.8. The van der Waals surface area contributed by atoms with Gasteiger partial charge in [-0.15, -0.1) is 0 Å². The van der Waals surface area contributed by atoms with Crippen molar-refractivity contribution in [2.75, 3.05) is 13.2 Å². The molecule has 2 saturated carbocycles. The molecule has 0 radical (unpaired) electrons. The van der Waals surface area contributed by atoms with Crippen LogP contribution in [-0.4, -0.2) is 49.8 Å². The minimum absolute atomic E-state index is 0.135. The van der Waals surface area contributed by atoms with Gasteiger partial charge in [0.05, 0.1) is 17.7 Å². The van der Waals surface area contributed by atoms with Gasteiger partial charge in [-0.3, -0.25) is 0 Å². The van der Waals surface area contributed by atoms with Gasteiger partial charge in [0.1, 0.15) is 24.7 Å². The molecule has 0 N–H and O–H groups in total. The van der Waals surface area contributed by atoms with Gasteiger partial charge in [0.2, 0.25) is 0 Å². The summed E-state index contributed by atoms with van der Waals surface area (Å²) in [5, 5.41) is 0. The second-order valence-electron chi connectivity index (χ2n) is 6.87. The van der Waals surface area contributed by atoms with Crippen molar-refractivity contribution in [3.8, 4) is 0 Å². The summed E-state index contributed by atoms with van der Waals surface area (Å²) < 4.78 is 60.7. The molecule has 9 heteroatoms. The molecule has 0 saturated heterocycles. The maximum absolute atomic E-state index is 12.8. The monoisotopic (exact) mass is 486 g/mol. The van der Waals surface area contributed by atoms with E-state index in [-0.39, 0.29) is 48.6 Å². The molecule has 0 spiro atoms. The first kappa shape index (κ1) is 25.7. The van der Waals surface area contributed by atoms with Gasteiger partial charge < -0.3 is 9.47 Å². The van der Waals surface area contributed by atoms with Crippen LogP contribution in [-0.2, 0) is 19.1 Å². The Morgan fingerprint density at radius 2 is 1.31 bits per heavy atom. The fourth-order valence-electron chi connectivity index (χ4n) is 3.11. The number of hydrogen-bond donors (Lipinski definition) is 0. The van der Waals surface area contributed by atoms with E-state index < -0.39 is 36.6 Å². The van der Waals surface area contributed by atoms with Crippen LogP contribution in [0.5, 0.6) is 0 Å². The van der Waals surface area contributed by atoms with Crippen molar-refractivity contribution in [2.24, 2.45) is 11.8 Å². The van der Waals surface area contributed by atoms with E-state index in [1.54, 1.807) is 13.8 Å². The summed E-state index contributed by atoms with van der Waals surface area (Å²) in [4.78, 5) is 22.0. The summed E-state index contributed by atoms with van der Waals surface area (Å²) in [7, 11) is 0. The quantitative estimate of drug-likeness (QED) is 0.297. The molecule has 0 aliphatic heterocycles. The molecule has 4 nitrogen and oxygen atoms in total. The number of esters is 2. The standard InChI is InChI=1S/C10H13BrF2O2.C10H14F2O2/c1-2-15-10(14)7(11)3-6-4-8(12)9(13)5-6;1-2-14-10(13)4-3-7-5-8(11)9(12)6-7/h3,6,8-9H,2,4-5H2,1H3;3-4,7-9H,2,5-6H2,1H3/b7-3-;4-3-/t6?,8-,9+;7?,8-,9+. The summed E-state index contributed by atoms with van der Waals surface area (Å²) in [6.07, 6.45) is -0.673. The predicted molar refractivity (Wildman–Crippen MR) is 104 cm³/mol. The predicted octanol–water partition coefficient (Wildman–Crippen LogP) is 5.11. The number of hydrogen-bond acceptors (Lipinski definition) is 4. The fourth-order valence-corrected chi connectivity index (χ4v) is 3.60. The molecule has 2 rings (SSSR count). The Morgan fingerprint density at radius 1 is 0.862 bits per heavy atom. The second kappa shape index (κ2) is 13.0. The topological polar surface area (TPSA) is 52.6 Å². The highest BCUT2D eigenvalue weighted by Gasteiger charge is 2.34. The van der Waals surface area contributed by atoms with E-state index in [0.717, 1.165) is 0 Å². The van der Waals surface area contributed by atoms with Crippen molar-refractivity contribution in [3.63, 3.8) is 0 Å². The molecule has 166 valence electrons. The van der Waals surface area contributed by atoms with Crippen molar-refractivity contribution in [2.45, 2.75) is 64.2 Å². The number of alkyl halides is 4. The van der Waals surface area contributed by atoms with Crippen LogP contribution in [0.3, 0.4) is 0 Å². The Kier molecular flexibility index (Phi) is 11.5. The summed E-state index contributed by atoms with van der Waals surface area (Å²) in [6, 6.07) is 0. The van der Waals surface area contributed by atoms with E-state index in [2.05, 4.69) is 20.7 Å². The summed E-state index contributed by atoms with van der Waals surface area (Å²) in [6.45, 7) is 3.99. The fraction of sp³-hybridized carbons (Fsp3) is 0.700. The highest BCUT2D eigenvalue weighted by atomic mass is 79.9. The maximum Gasteiger partial charge on any atom is 0.344 e. The molecular weight excluding hydrogens is 460 g/mol. The first-order chi connectivity index (χ1) is 13.7. The first-order valence-electron chi connectivity index (χ1n) is 9.63. The third-order valence-electron chi connectivity index (χ3n) is 4.54. The summed E-state index contributed by atoms with van der Waals surface area (Å²) >= 11 is 3.04. The summed E-state index contributed by atoms with van der Waals surface area (Å²) in [5.41, 5.74) is 0. The minimum atomic E-state index is -1.41. The lowest BCUT2D eigenvalue weighted by Gasteiger charge is -2.03. The van der Waals surface area contributed by atoms with Crippen molar-refractivity contribution in [1.29, 1.82) is 0 Å². The van der Waals surface area contributed by atoms with Gasteiger partial charge in [-0.25, -0.2) is 27.2 Å². The Labute approximate surface area is 176 Å². The molecule has 29 heavy (non-hydrogen) atoms. The average molecular weight is 487 g/mol. The number of rotatable bonds is 6. The van der Waals surface area contributed by atoms with Crippen LogP contribution in [0.15, 0.2) is 22.7 Å². The number of carbonyl (C=O) groups is 2. The molecular formula is C20H27BrF4O4. The number of allylic oxidation sites excluding steroid dienone is 2. The van der Waals surface area contributed by atoms with Gasteiger partial charge in [0.15, 0.2) is 0 Å². The lowest BCUT2D eigenvalue weighted by molar-refractivity contribution is -0.138. The highest BCUT2D eigenvalue weighted by Crippen LogP contribution is 2.33. The highest BCUT2D eigenvalue weighted by molar-refractivity contribution is 9.12. The lowest BCUT2D eigenvalue weighted by Crippen LogP contribution is -2.06. The lowest BCUT2D eigenvalue weighted by atomic mass is 10.1. The zero-order valence-electron chi connectivity index (χ0n) is 16.5. The summed E-state index contributed by atoms with van der Waals surface area (Å²) in [5.74, 6) is -1.35. The van der Waals surface area contributed by atoms with E-state index in [1.165, 1.54) is 18.2 Å². The Bertz CT molecular complexity index is 579. The average Bonchev–Trinajstić information content (AvgIpc) is 3.14. The van der Waals surface area contributed by atoms with Crippen molar-refractivity contribution >= 4 is 27.9 Å². The van der Waals surface area contributed by atoms with Crippen molar-refractivity contribution < 1.29 is 36.6 Å². The molecule has 2 aliphatic rings. The Hall–Kier alpha value is -1.38. The number of halogens is 5. The SMILES string of the molecule is CCOC(=O)/C(Br)=C/C1C[C@@H](F)[C@@H](F)C1.CCOC(=O)/C=C\C1C[C@@H](F)[C@@H](F)C1. The van der Waals surface area contributed by atoms with Crippen molar-refractivity contribution in [1.82, 2.24) is 0 Å². The zero-order valence-corrected chi connectivity index (χ0v) is 18.0. The van der Waals surface area contributed by atoms with Crippen LogP contribution in [0.25, 0.3) is 0 Å². The normalized spacial score (nSPS) is 32.0. The van der Waals surface area contributed by atoms with Gasteiger partial charge in [-0.05, 0) is 67.3 Å². The second-order valence-corrected chi connectivity index (χ2v) is 7.73. The molecule has 6 atom stereocenters. The molecule has 0 aromatic carbocycles. The third-order valence-corrected chi connectivity index (χ3v) is 5.13. The molecule has 0 aromatic heterocycles. The van der Waals surface area contributed by atoms with Gasteiger partial charge in [-0.2, -0.15) is 0 Å². The van der Waals surface area contributed by atoms with E-state index in [4.69, 9.17) is 4.74 Å². The van der Waals surface area contributed by atoms with Crippen LogP contribution in [0.1, 0.15) is 39.5 Å². The van der Waals surface area contributed by atoms with Gasteiger partial charge in [-0.1, -0.05) is 12.2 Å². The van der Waals surface area contributed by atoms with Crippen LogP contribution in [0, 0.1) is 11.8 Å². The van der Waals surface area contributed by atoms with E-state index in [0.29, 0.717) is 6.61 Å². The molecule has 2 unspecified atom stereocenters. The molecule has 0 amide bonds. The number of ether oxygens (including phenoxy) is 2. The Balaban J connectivity index is 0.000000291. The smallest absolute Gasteiger partial charge is 0.344 e. The minimum Gasteiger partial charge on any atom is -0.463 e. The molecule has 0 bridgehead atoms. The molecule has 0 heterocycles. The largest absolute Gasteiger partial charge is 0.463 e. The van der Waals surface area contributed by atoms with Crippen LogP contribution < -0.4 is 0 Å². The van der Waals surface area contributed by atoms with Crippen LogP contribution >= 0.6 is 15.9 Å². The van der Waals surface area contributed by atoms with E-state index in [1.807, 2.05) is 0 Å². The van der Waals surface area contributed by atoms with Crippen LogP contribution in [0.2, 0.25) is 0 Å². The van der Waals surface area contributed by atoms with E-state index in [9.17, 15) is 27.2 Å². The molecule has 2 fully saturated rings. The third kappa shape index (κ3) is 9.31. The van der Waals surface area contributed by atoms with Crippen LogP contribution in [0.4, 0.5) is 17.6 Å². The first-order valence-corrected chi connectivity index (χ1v) is 10.4. The number of carbonyl (C=O) groups excluding carboxylic acids is 2. The van der Waals surface area contributed by atoms with Gasteiger partial charge in [0.25, 0.3) is 0 Å². The zero-order chi connectivity index (χ0) is 22.0. The van der Waals surface area contributed by atoms with E-state index >= 15 is 0 Å².